The van der Waals surface area contributed by atoms with Crippen LogP contribution in [0.4, 0.5) is 0 Å². The number of aromatic amines is 1. The molecule has 0 aliphatic carbocycles. The Morgan fingerprint density at radius 3 is 2.56 bits per heavy atom. The molecule has 3 aromatic rings. The van der Waals surface area contributed by atoms with Gasteiger partial charge in [-0.1, -0.05) is 23.7 Å². The average molecular weight is 401 g/mol. The van der Waals surface area contributed by atoms with Gasteiger partial charge in [0.1, 0.15) is 5.75 Å². The van der Waals surface area contributed by atoms with Gasteiger partial charge >= 0.3 is 0 Å². The van der Waals surface area contributed by atoms with Crippen molar-refractivity contribution in [1.29, 1.82) is 0 Å². The summed E-state index contributed by atoms with van der Waals surface area (Å²) in [5.74, 6) is -0.0569. The maximum atomic E-state index is 11.5. The first-order valence-corrected chi connectivity index (χ1v) is 9.26. The summed E-state index contributed by atoms with van der Waals surface area (Å²) in [7, 11) is 0. The minimum Gasteiger partial charge on any atom is -0.544 e. The summed E-state index contributed by atoms with van der Waals surface area (Å²) < 4.78 is 5.37. The number of benzene rings is 2. The molecule has 0 bridgehead atoms. The van der Waals surface area contributed by atoms with E-state index in [9.17, 15) is 9.90 Å². The van der Waals surface area contributed by atoms with Crippen LogP contribution in [-0.2, 0) is 4.79 Å². The molecule has 0 radical (unpaired) electrons. The maximum absolute atomic E-state index is 11.5. The van der Waals surface area contributed by atoms with Crippen LogP contribution in [0.5, 0.6) is 5.75 Å². The molecule has 0 saturated heterocycles. The number of thioether (sulfide) groups is 1. The van der Waals surface area contributed by atoms with E-state index in [1.54, 1.807) is 48.5 Å². The maximum Gasteiger partial charge on any atom is 0.213 e. The Kier molecular flexibility index (Phi) is 6.16. The third-order valence-electron chi connectivity index (χ3n) is 3.47. The number of halogens is 1. The van der Waals surface area contributed by atoms with Crippen LogP contribution in [0.25, 0.3) is 17.5 Å². The minimum absolute atomic E-state index is 0.000756. The first-order chi connectivity index (χ1) is 13.0. The summed E-state index contributed by atoms with van der Waals surface area (Å²) in [6.45, 7) is 2.46. The van der Waals surface area contributed by atoms with E-state index in [2.05, 4.69) is 15.2 Å². The fourth-order valence-corrected chi connectivity index (χ4v) is 3.06. The molecule has 0 aliphatic rings. The van der Waals surface area contributed by atoms with Crippen LogP contribution in [0.3, 0.4) is 0 Å². The van der Waals surface area contributed by atoms with E-state index in [4.69, 9.17) is 16.3 Å². The van der Waals surface area contributed by atoms with Crippen LogP contribution in [0.2, 0.25) is 5.02 Å². The zero-order valence-corrected chi connectivity index (χ0v) is 15.9. The lowest BCUT2D eigenvalue weighted by molar-refractivity contribution is -0.297. The molecule has 3 rings (SSSR count). The Morgan fingerprint density at radius 2 is 1.93 bits per heavy atom. The van der Waals surface area contributed by atoms with Crippen molar-refractivity contribution in [3.05, 3.63) is 64.0 Å². The smallest absolute Gasteiger partial charge is 0.213 e. The van der Waals surface area contributed by atoms with Crippen molar-refractivity contribution in [3.8, 4) is 17.1 Å². The first-order valence-electron chi connectivity index (χ1n) is 8.07. The second kappa shape index (κ2) is 8.75. The molecule has 0 saturated carbocycles. The van der Waals surface area contributed by atoms with Crippen LogP contribution >= 0.6 is 23.4 Å². The van der Waals surface area contributed by atoms with Crippen molar-refractivity contribution >= 4 is 35.4 Å². The number of hydrogen-bond donors (Lipinski definition) is 1. The molecular weight excluding hydrogens is 386 g/mol. The van der Waals surface area contributed by atoms with Crippen molar-refractivity contribution in [2.75, 3.05) is 6.61 Å². The van der Waals surface area contributed by atoms with E-state index < -0.39 is 5.97 Å². The van der Waals surface area contributed by atoms with Gasteiger partial charge in [0.15, 0.2) is 5.82 Å². The molecule has 138 valence electrons. The van der Waals surface area contributed by atoms with E-state index in [0.717, 1.165) is 23.1 Å². The number of carboxylic acid groups (broad SMARTS) is 1. The molecule has 1 heterocycles. The zero-order valence-electron chi connectivity index (χ0n) is 14.3. The quantitative estimate of drug-likeness (QED) is 0.482. The molecule has 0 unspecified atom stereocenters. The summed E-state index contributed by atoms with van der Waals surface area (Å²) in [6.07, 6.45) is 1.51. The number of H-pyrrole nitrogens is 1. The molecular formula is C19H15ClN3O3S-. The summed E-state index contributed by atoms with van der Waals surface area (Å²) in [4.78, 5) is 15.8. The van der Waals surface area contributed by atoms with Crippen molar-refractivity contribution in [2.24, 2.45) is 0 Å². The normalized spacial score (nSPS) is 11.4. The Morgan fingerprint density at radius 1 is 1.22 bits per heavy atom. The molecule has 0 amide bonds. The van der Waals surface area contributed by atoms with Crippen molar-refractivity contribution in [2.45, 2.75) is 12.1 Å². The van der Waals surface area contributed by atoms with Crippen molar-refractivity contribution in [1.82, 2.24) is 15.2 Å². The fraction of sp³-hybridized carbons (Fsp3) is 0.105. The highest BCUT2D eigenvalue weighted by Gasteiger charge is 2.10. The number of aromatic nitrogens is 3. The third kappa shape index (κ3) is 5.12. The van der Waals surface area contributed by atoms with Crippen LogP contribution < -0.4 is 9.84 Å². The Labute approximate surface area is 165 Å². The predicted octanol–water partition coefficient (Wildman–Crippen LogP) is 3.41. The zero-order chi connectivity index (χ0) is 19.2. The van der Waals surface area contributed by atoms with Crippen LogP contribution in [0.15, 0.2) is 58.6 Å². The average Bonchev–Trinajstić information content (AvgIpc) is 3.12. The number of carbonyl (C=O) groups excluding carboxylic acids is 1. The topological polar surface area (TPSA) is 90.9 Å². The number of carbonyl (C=O) groups is 1. The highest BCUT2D eigenvalue weighted by atomic mass is 35.5. The lowest BCUT2D eigenvalue weighted by Gasteiger charge is -2.07. The van der Waals surface area contributed by atoms with Gasteiger partial charge in [-0.15, -0.1) is 5.10 Å². The Hall–Kier alpha value is -2.77. The van der Waals surface area contributed by atoms with E-state index >= 15 is 0 Å². The van der Waals surface area contributed by atoms with Gasteiger partial charge in [0.2, 0.25) is 5.16 Å². The van der Waals surface area contributed by atoms with Crippen molar-refractivity contribution < 1.29 is 14.6 Å². The van der Waals surface area contributed by atoms with Gasteiger partial charge in [0.05, 0.1) is 12.6 Å². The largest absolute Gasteiger partial charge is 0.544 e. The molecule has 2 aromatic carbocycles. The minimum atomic E-state index is -1.30. The summed E-state index contributed by atoms with van der Waals surface area (Å²) in [5, 5.41) is 19.2. The molecule has 6 nitrogen and oxygen atoms in total. The molecule has 0 aliphatic heterocycles. The van der Waals surface area contributed by atoms with Gasteiger partial charge in [-0.25, -0.2) is 4.98 Å². The highest BCUT2D eigenvalue weighted by Crippen LogP contribution is 2.27. The van der Waals surface area contributed by atoms with Gasteiger partial charge in [-0.05, 0) is 66.7 Å². The van der Waals surface area contributed by atoms with Gasteiger partial charge < -0.3 is 14.6 Å². The SMILES string of the molecule is CCOc1ccc(/C=C(\Sc2n[nH]c(-c3ccc(Cl)cc3)n2)C(=O)[O-])cc1. The number of nitrogens with zero attached hydrogens (tertiary/aromatic N) is 2. The van der Waals surface area contributed by atoms with E-state index in [-0.39, 0.29) is 10.1 Å². The number of carboxylic acids is 1. The summed E-state index contributed by atoms with van der Waals surface area (Å²) >= 11 is 6.79. The van der Waals surface area contributed by atoms with Gasteiger partial charge in [0, 0.05) is 15.5 Å². The van der Waals surface area contributed by atoms with E-state index in [1.807, 2.05) is 6.92 Å². The molecule has 0 spiro atoms. The third-order valence-corrected chi connectivity index (χ3v) is 4.60. The molecule has 0 fully saturated rings. The standard InChI is InChI=1S/C19H16ClN3O3S/c1-2-26-15-9-3-12(4-10-15)11-16(18(24)25)27-19-21-17(22-23-19)13-5-7-14(20)8-6-13/h3-11H,2H2,1H3,(H,24,25)(H,21,22,23)/p-1/b16-11-. The Bertz CT molecular complexity index is 953. The number of ether oxygens (including phenoxy) is 1. The second-order valence-electron chi connectivity index (χ2n) is 5.37. The van der Waals surface area contributed by atoms with Gasteiger partial charge in [-0.3, -0.25) is 5.10 Å². The van der Waals surface area contributed by atoms with Crippen molar-refractivity contribution in [3.63, 3.8) is 0 Å². The number of nitrogens with one attached hydrogen (secondary N) is 1. The summed E-state index contributed by atoms with van der Waals surface area (Å²) in [5.41, 5.74) is 1.50. The number of rotatable bonds is 7. The summed E-state index contributed by atoms with van der Waals surface area (Å²) in [6, 6.07) is 14.2. The molecule has 8 heteroatoms. The molecule has 0 atom stereocenters. The highest BCUT2D eigenvalue weighted by molar-refractivity contribution is 8.04. The van der Waals surface area contributed by atoms with Crippen LogP contribution in [0, 0.1) is 0 Å². The molecule has 1 N–H and O–H groups in total. The van der Waals surface area contributed by atoms with E-state index in [1.165, 1.54) is 6.08 Å². The number of aliphatic carboxylic acids is 1. The fourth-order valence-electron chi connectivity index (χ4n) is 2.24. The first kappa shape index (κ1) is 19.0. The predicted molar refractivity (Wildman–Crippen MR) is 103 cm³/mol. The van der Waals surface area contributed by atoms with Crippen LogP contribution in [-0.4, -0.2) is 27.8 Å². The van der Waals surface area contributed by atoms with Crippen LogP contribution in [0.1, 0.15) is 12.5 Å². The lowest BCUT2D eigenvalue weighted by atomic mass is 10.2. The number of hydrogen-bond acceptors (Lipinski definition) is 6. The Balaban J connectivity index is 1.78. The second-order valence-corrected chi connectivity index (χ2v) is 6.82. The van der Waals surface area contributed by atoms with Gasteiger partial charge in [0.25, 0.3) is 0 Å². The van der Waals surface area contributed by atoms with Gasteiger partial charge in [-0.2, -0.15) is 0 Å². The molecule has 1 aromatic heterocycles. The van der Waals surface area contributed by atoms with E-state index in [0.29, 0.717) is 23.0 Å². The molecule has 27 heavy (non-hydrogen) atoms. The monoisotopic (exact) mass is 400 g/mol. The lowest BCUT2D eigenvalue weighted by Crippen LogP contribution is -2.23.